The molecule has 0 unspecified atom stereocenters. The van der Waals surface area contributed by atoms with E-state index < -0.39 is 0 Å². The van der Waals surface area contributed by atoms with Crippen molar-refractivity contribution >= 4 is 5.91 Å². The molecule has 0 fully saturated rings. The Balaban J connectivity index is 1.84. The van der Waals surface area contributed by atoms with E-state index in [0.717, 1.165) is 29.9 Å². The highest BCUT2D eigenvalue weighted by Crippen LogP contribution is 2.16. The van der Waals surface area contributed by atoms with Crippen molar-refractivity contribution in [3.05, 3.63) is 47.0 Å². The zero-order valence-electron chi connectivity index (χ0n) is 10.4. The Morgan fingerprint density at radius 3 is 2.84 bits per heavy atom. The fourth-order valence-electron chi connectivity index (χ4n) is 2.27. The smallest absolute Gasteiger partial charge is 0.271 e. The van der Waals surface area contributed by atoms with Gasteiger partial charge in [0.2, 0.25) is 0 Å². The lowest BCUT2D eigenvalue weighted by molar-refractivity contribution is 0.0951. The molecule has 0 atom stereocenters. The highest BCUT2D eigenvalue weighted by atomic mass is 16.3. The number of aromatic amines is 1. The molecule has 0 aliphatic carbocycles. The molecule has 1 aromatic carbocycles. The molecule has 1 aromatic heterocycles. The quantitative estimate of drug-likeness (QED) is 0.760. The van der Waals surface area contributed by atoms with Crippen LogP contribution in [0.4, 0.5) is 0 Å². The van der Waals surface area contributed by atoms with Gasteiger partial charge in [0, 0.05) is 18.7 Å². The largest absolute Gasteiger partial charge is 0.508 e. The van der Waals surface area contributed by atoms with E-state index in [9.17, 15) is 9.90 Å². The second-order valence-electron chi connectivity index (χ2n) is 4.71. The number of fused-ring (bicyclic) bond motifs is 1. The van der Waals surface area contributed by atoms with Crippen molar-refractivity contribution in [3.63, 3.8) is 0 Å². The normalized spacial score (nSPS) is 14.6. The third kappa shape index (κ3) is 2.45. The van der Waals surface area contributed by atoms with Crippen molar-refractivity contribution in [2.75, 3.05) is 6.54 Å². The summed E-state index contributed by atoms with van der Waals surface area (Å²) in [6.07, 6.45) is 2.40. The predicted octanol–water partition coefficient (Wildman–Crippen LogP) is 1.38. The molecule has 2 heterocycles. The molecule has 1 aliphatic rings. The second kappa shape index (κ2) is 4.76. The highest BCUT2D eigenvalue weighted by molar-refractivity contribution is 5.93. The molecule has 3 rings (SSSR count). The van der Waals surface area contributed by atoms with Crippen LogP contribution in [0.3, 0.4) is 0 Å². The molecule has 1 amide bonds. The van der Waals surface area contributed by atoms with Gasteiger partial charge in [-0.25, -0.2) is 4.98 Å². The number of nitrogens with zero attached hydrogens (tertiary/aromatic N) is 1. The summed E-state index contributed by atoms with van der Waals surface area (Å²) in [4.78, 5) is 19.4. The number of hydrogen-bond acceptors (Lipinski definition) is 3. The third-order valence-corrected chi connectivity index (χ3v) is 3.24. The van der Waals surface area contributed by atoms with Gasteiger partial charge in [-0.2, -0.15) is 0 Å². The first-order chi connectivity index (χ1) is 9.22. The second-order valence-corrected chi connectivity index (χ2v) is 4.71. The summed E-state index contributed by atoms with van der Waals surface area (Å²) < 4.78 is 0. The van der Waals surface area contributed by atoms with Crippen molar-refractivity contribution in [2.24, 2.45) is 0 Å². The Kier molecular flexibility index (Phi) is 2.95. The summed E-state index contributed by atoms with van der Waals surface area (Å²) in [5.74, 6) is 0.937. The SMILES string of the molecule is O=C1NCCCc2[nH]c(Cc3ccc(O)cc3)nc21. The number of rotatable bonds is 2. The number of H-pyrrole nitrogens is 1. The molecular weight excluding hydrogens is 242 g/mol. The van der Waals surface area contributed by atoms with Gasteiger partial charge in [-0.15, -0.1) is 0 Å². The van der Waals surface area contributed by atoms with Crippen LogP contribution >= 0.6 is 0 Å². The van der Waals surface area contributed by atoms with E-state index in [2.05, 4.69) is 15.3 Å². The number of hydrogen-bond donors (Lipinski definition) is 3. The van der Waals surface area contributed by atoms with Crippen LogP contribution < -0.4 is 5.32 Å². The van der Waals surface area contributed by atoms with E-state index >= 15 is 0 Å². The van der Waals surface area contributed by atoms with Crippen LogP contribution in [0, 0.1) is 0 Å². The molecule has 0 saturated heterocycles. The first-order valence-corrected chi connectivity index (χ1v) is 6.36. The van der Waals surface area contributed by atoms with E-state index in [1.165, 1.54) is 0 Å². The van der Waals surface area contributed by atoms with Crippen molar-refractivity contribution in [1.29, 1.82) is 0 Å². The van der Waals surface area contributed by atoms with Crippen LogP contribution in [0.1, 0.15) is 34.0 Å². The molecule has 0 saturated carbocycles. The minimum absolute atomic E-state index is 0.0966. The lowest BCUT2D eigenvalue weighted by atomic mass is 10.1. The van der Waals surface area contributed by atoms with Crippen LogP contribution in [-0.2, 0) is 12.8 Å². The summed E-state index contributed by atoms with van der Waals surface area (Å²) in [6, 6.07) is 7.00. The maximum absolute atomic E-state index is 11.8. The van der Waals surface area contributed by atoms with E-state index in [1.807, 2.05) is 12.1 Å². The molecule has 1 aliphatic heterocycles. The Labute approximate surface area is 110 Å². The number of carbonyl (C=O) groups is 1. The Morgan fingerprint density at radius 2 is 2.05 bits per heavy atom. The maximum atomic E-state index is 11.8. The minimum Gasteiger partial charge on any atom is -0.508 e. The van der Waals surface area contributed by atoms with Crippen LogP contribution in [-0.4, -0.2) is 27.5 Å². The number of nitrogens with one attached hydrogen (secondary N) is 2. The third-order valence-electron chi connectivity index (χ3n) is 3.24. The number of aromatic hydroxyl groups is 1. The van der Waals surface area contributed by atoms with Crippen LogP contribution in [0.5, 0.6) is 5.75 Å². The van der Waals surface area contributed by atoms with Gasteiger partial charge in [0.05, 0.1) is 0 Å². The van der Waals surface area contributed by atoms with Crippen LogP contribution in [0.15, 0.2) is 24.3 Å². The summed E-state index contributed by atoms with van der Waals surface area (Å²) in [5, 5.41) is 12.1. The lowest BCUT2D eigenvalue weighted by Crippen LogP contribution is -2.23. The standard InChI is InChI=1S/C14H15N3O2/c18-10-5-3-9(4-6-10)8-12-16-11-2-1-7-15-14(19)13(11)17-12/h3-6,18H,1-2,7-8H2,(H,15,19)(H,16,17). The fraction of sp³-hybridized carbons (Fsp3) is 0.286. The van der Waals surface area contributed by atoms with Gasteiger partial charge in [-0.3, -0.25) is 4.79 Å². The number of amides is 1. The van der Waals surface area contributed by atoms with Crippen molar-refractivity contribution < 1.29 is 9.90 Å². The number of phenols is 1. The summed E-state index contributed by atoms with van der Waals surface area (Å²) >= 11 is 0. The Hall–Kier alpha value is -2.30. The first-order valence-electron chi connectivity index (χ1n) is 6.36. The predicted molar refractivity (Wildman–Crippen MR) is 70.2 cm³/mol. The highest BCUT2D eigenvalue weighted by Gasteiger charge is 2.19. The average Bonchev–Trinajstić information content (AvgIpc) is 2.72. The maximum Gasteiger partial charge on any atom is 0.271 e. The Bertz CT molecular complexity index is 602. The molecule has 3 N–H and O–H groups in total. The summed E-state index contributed by atoms with van der Waals surface area (Å²) in [5.41, 5.74) is 2.48. The molecular formula is C14H15N3O2. The molecule has 2 aromatic rings. The number of phenolic OH excluding ortho intramolecular Hbond substituents is 1. The van der Waals surface area contributed by atoms with Crippen molar-refractivity contribution in [3.8, 4) is 5.75 Å². The van der Waals surface area contributed by atoms with Gasteiger partial charge in [0.1, 0.15) is 17.3 Å². The van der Waals surface area contributed by atoms with Gasteiger partial charge in [0.25, 0.3) is 5.91 Å². The van der Waals surface area contributed by atoms with Gasteiger partial charge in [-0.1, -0.05) is 12.1 Å². The summed E-state index contributed by atoms with van der Waals surface area (Å²) in [7, 11) is 0. The molecule has 0 bridgehead atoms. The molecule has 5 heteroatoms. The molecule has 0 radical (unpaired) electrons. The minimum atomic E-state index is -0.0966. The molecule has 19 heavy (non-hydrogen) atoms. The number of imidazole rings is 1. The number of aryl methyl sites for hydroxylation is 1. The fourth-order valence-corrected chi connectivity index (χ4v) is 2.27. The van der Waals surface area contributed by atoms with Crippen LogP contribution in [0.25, 0.3) is 0 Å². The van der Waals surface area contributed by atoms with Gasteiger partial charge in [0.15, 0.2) is 0 Å². The summed E-state index contributed by atoms with van der Waals surface area (Å²) in [6.45, 7) is 0.705. The van der Waals surface area contributed by atoms with E-state index in [-0.39, 0.29) is 11.7 Å². The van der Waals surface area contributed by atoms with Gasteiger partial charge >= 0.3 is 0 Å². The zero-order valence-corrected chi connectivity index (χ0v) is 10.4. The van der Waals surface area contributed by atoms with E-state index in [1.54, 1.807) is 12.1 Å². The van der Waals surface area contributed by atoms with Crippen molar-refractivity contribution in [2.45, 2.75) is 19.3 Å². The average molecular weight is 257 g/mol. The molecule has 98 valence electrons. The number of aromatic nitrogens is 2. The molecule has 0 spiro atoms. The Morgan fingerprint density at radius 1 is 1.26 bits per heavy atom. The zero-order chi connectivity index (χ0) is 13.2. The van der Waals surface area contributed by atoms with Gasteiger partial charge < -0.3 is 15.4 Å². The topological polar surface area (TPSA) is 78.0 Å². The monoisotopic (exact) mass is 257 g/mol. The lowest BCUT2D eigenvalue weighted by Gasteiger charge is -1.99. The van der Waals surface area contributed by atoms with E-state index in [4.69, 9.17) is 0 Å². The van der Waals surface area contributed by atoms with E-state index in [0.29, 0.717) is 18.7 Å². The number of benzene rings is 1. The number of carbonyl (C=O) groups excluding carboxylic acids is 1. The van der Waals surface area contributed by atoms with Crippen molar-refractivity contribution in [1.82, 2.24) is 15.3 Å². The van der Waals surface area contributed by atoms with Crippen LogP contribution in [0.2, 0.25) is 0 Å². The van der Waals surface area contributed by atoms with Gasteiger partial charge in [-0.05, 0) is 30.5 Å². The first kappa shape index (κ1) is 11.8. The molecule has 5 nitrogen and oxygen atoms in total.